The molecule has 6 nitrogen and oxygen atoms in total. The molecule has 2 fully saturated rings. The van der Waals surface area contributed by atoms with Crippen LogP contribution in [0.4, 0.5) is 5.82 Å². The second kappa shape index (κ2) is 8.67. The van der Waals surface area contributed by atoms with E-state index < -0.39 is 0 Å². The zero-order valence-corrected chi connectivity index (χ0v) is 16.6. The molecule has 1 amide bonds. The van der Waals surface area contributed by atoms with Gasteiger partial charge in [-0.1, -0.05) is 19.8 Å². The fraction of sp³-hybridized carbons (Fsp3) is 0.545. The number of likely N-dealkylation sites (tertiary alicyclic amines) is 1. The van der Waals surface area contributed by atoms with Gasteiger partial charge in [-0.15, -0.1) is 0 Å². The third-order valence-corrected chi connectivity index (χ3v) is 5.85. The molecule has 0 radical (unpaired) electrons. The Morgan fingerprint density at radius 2 is 2.07 bits per heavy atom. The van der Waals surface area contributed by atoms with Gasteiger partial charge in [-0.2, -0.15) is 0 Å². The molecule has 0 bridgehead atoms. The van der Waals surface area contributed by atoms with Crippen LogP contribution in [-0.4, -0.2) is 44.9 Å². The third-order valence-electron chi connectivity index (χ3n) is 5.85. The fourth-order valence-electron chi connectivity index (χ4n) is 4.30. The predicted octanol–water partition coefficient (Wildman–Crippen LogP) is 4.01. The Kier molecular flexibility index (Phi) is 5.84. The topological polar surface area (TPSA) is 71.0 Å². The number of pyridine rings is 1. The fourth-order valence-corrected chi connectivity index (χ4v) is 4.30. The summed E-state index contributed by atoms with van der Waals surface area (Å²) in [6.07, 6.45) is 11.2. The summed E-state index contributed by atoms with van der Waals surface area (Å²) in [5.41, 5.74) is 1.90. The van der Waals surface area contributed by atoms with Gasteiger partial charge >= 0.3 is 0 Å². The van der Waals surface area contributed by atoms with Gasteiger partial charge in [0, 0.05) is 55.5 Å². The van der Waals surface area contributed by atoms with E-state index in [0.29, 0.717) is 19.0 Å². The van der Waals surface area contributed by atoms with E-state index in [4.69, 9.17) is 9.97 Å². The van der Waals surface area contributed by atoms with E-state index in [1.165, 1.54) is 25.7 Å². The van der Waals surface area contributed by atoms with E-state index in [-0.39, 0.29) is 11.8 Å². The van der Waals surface area contributed by atoms with Crippen LogP contribution < -0.4 is 5.32 Å². The summed E-state index contributed by atoms with van der Waals surface area (Å²) in [4.78, 5) is 28.2. The van der Waals surface area contributed by atoms with E-state index in [1.54, 1.807) is 6.20 Å². The highest BCUT2D eigenvalue weighted by Crippen LogP contribution is 2.29. The Morgan fingerprint density at radius 3 is 2.82 bits per heavy atom. The van der Waals surface area contributed by atoms with E-state index >= 15 is 0 Å². The minimum Gasteiger partial charge on any atom is -0.367 e. The number of carbonyl (C=O) groups is 1. The van der Waals surface area contributed by atoms with Gasteiger partial charge in [-0.3, -0.25) is 9.78 Å². The number of anilines is 1. The summed E-state index contributed by atoms with van der Waals surface area (Å²) in [6.45, 7) is 3.49. The van der Waals surface area contributed by atoms with Crippen LogP contribution in [0, 0.1) is 0 Å². The first kappa shape index (κ1) is 18.8. The van der Waals surface area contributed by atoms with Gasteiger partial charge in [0.15, 0.2) is 0 Å². The Balaban J connectivity index is 1.64. The van der Waals surface area contributed by atoms with E-state index in [1.807, 2.05) is 36.2 Å². The van der Waals surface area contributed by atoms with Crippen molar-refractivity contribution in [3.63, 3.8) is 0 Å². The maximum Gasteiger partial charge on any atom is 0.222 e. The van der Waals surface area contributed by atoms with Gasteiger partial charge in [0.05, 0.1) is 5.69 Å². The summed E-state index contributed by atoms with van der Waals surface area (Å²) in [7, 11) is 0. The Hall–Kier alpha value is -2.50. The van der Waals surface area contributed by atoms with Crippen molar-refractivity contribution in [1.82, 2.24) is 19.9 Å². The van der Waals surface area contributed by atoms with Crippen molar-refractivity contribution < 1.29 is 4.79 Å². The molecule has 0 spiro atoms. The van der Waals surface area contributed by atoms with Crippen LogP contribution in [0.25, 0.3) is 11.3 Å². The monoisotopic (exact) mass is 379 g/mol. The number of amides is 1. The lowest BCUT2D eigenvalue weighted by molar-refractivity contribution is -0.132. The maximum atomic E-state index is 12.2. The van der Waals surface area contributed by atoms with Crippen LogP contribution in [0.2, 0.25) is 0 Å². The van der Waals surface area contributed by atoms with E-state index in [9.17, 15) is 4.79 Å². The summed E-state index contributed by atoms with van der Waals surface area (Å²) in [6, 6.07) is 6.50. The van der Waals surface area contributed by atoms with Gasteiger partial charge in [0.1, 0.15) is 11.6 Å². The summed E-state index contributed by atoms with van der Waals surface area (Å²) in [5, 5.41) is 3.62. The van der Waals surface area contributed by atoms with Gasteiger partial charge < -0.3 is 10.2 Å². The average molecular weight is 380 g/mol. The lowest BCUT2D eigenvalue weighted by atomic mass is 9.96. The number of piperidine rings is 1. The molecule has 1 aliphatic carbocycles. The Bertz CT molecular complexity index is 804. The first-order valence-corrected chi connectivity index (χ1v) is 10.6. The summed E-state index contributed by atoms with van der Waals surface area (Å²) >= 11 is 0. The predicted molar refractivity (Wildman–Crippen MR) is 110 cm³/mol. The molecule has 1 aliphatic heterocycles. The first-order valence-electron chi connectivity index (χ1n) is 10.6. The Labute approximate surface area is 166 Å². The molecule has 1 saturated heterocycles. The zero-order chi connectivity index (χ0) is 19.3. The van der Waals surface area contributed by atoms with Gasteiger partial charge in [0.25, 0.3) is 0 Å². The second-order valence-corrected chi connectivity index (χ2v) is 7.90. The second-order valence-electron chi connectivity index (χ2n) is 7.90. The number of hydrogen-bond acceptors (Lipinski definition) is 5. The molecular weight excluding hydrogens is 350 g/mol. The molecule has 4 rings (SSSR count). The lowest BCUT2D eigenvalue weighted by Crippen LogP contribution is -2.39. The largest absolute Gasteiger partial charge is 0.367 e. The van der Waals surface area contributed by atoms with Crippen molar-refractivity contribution in [2.75, 3.05) is 18.4 Å². The van der Waals surface area contributed by atoms with Gasteiger partial charge in [-0.25, -0.2) is 9.97 Å². The molecular formula is C22H29N5O. The minimum absolute atomic E-state index is 0.185. The van der Waals surface area contributed by atoms with Gasteiger partial charge in [0.2, 0.25) is 5.91 Å². The number of nitrogens with zero attached hydrogens (tertiary/aromatic N) is 4. The molecule has 3 heterocycles. The third kappa shape index (κ3) is 4.32. The van der Waals surface area contributed by atoms with E-state index in [2.05, 4.69) is 10.3 Å². The molecule has 28 heavy (non-hydrogen) atoms. The van der Waals surface area contributed by atoms with Crippen LogP contribution in [0.1, 0.15) is 63.6 Å². The summed E-state index contributed by atoms with van der Waals surface area (Å²) in [5.74, 6) is 2.15. The van der Waals surface area contributed by atoms with Crippen LogP contribution in [0.3, 0.4) is 0 Å². The highest BCUT2D eigenvalue weighted by atomic mass is 16.2. The molecule has 6 heteroatoms. The number of nitrogens with one attached hydrogen (secondary N) is 1. The van der Waals surface area contributed by atoms with Crippen LogP contribution in [0.15, 0.2) is 30.6 Å². The molecule has 0 aromatic carbocycles. The molecule has 1 atom stereocenters. The van der Waals surface area contributed by atoms with Crippen molar-refractivity contribution in [3.8, 4) is 11.3 Å². The number of carbonyl (C=O) groups excluding carboxylic acids is 1. The highest BCUT2D eigenvalue weighted by Gasteiger charge is 2.27. The number of hydrogen-bond donors (Lipinski definition) is 1. The quantitative estimate of drug-likeness (QED) is 0.850. The normalized spacial score (nSPS) is 20.3. The van der Waals surface area contributed by atoms with Crippen LogP contribution in [0.5, 0.6) is 0 Å². The zero-order valence-electron chi connectivity index (χ0n) is 16.6. The molecule has 2 aromatic rings. The molecule has 2 aliphatic rings. The molecule has 1 N–H and O–H groups in total. The van der Waals surface area contributed by atoms with Crippen molar-refractivity contribution in [2.45, 2.75) is 63.8 Å². The molecule has 1 saturated carbocycles. The standard InChI is InChI=1S/C22H29N5O/c1-2-21(28)27-12-6-8-17(15-27)22-25-19(16-7-5-11-23-14-16)13-20(26-22)24-18-9-3-4-10-18/h5,7,11,13-14,17-18H,2-4,6,8-10,12,15H2,1H3,(H,24,25,26). The molecule has 2 aromatic heterocycles. The SMILES string of the molecule is CCC(=O)N1CCCC(c2nc(NC3CCCC3)cc(-c3cccnc3)n2)C1. The van der Waals surface area contributed by atoms with Crippen molar-refractivity contribution >= 4 is 11.7 Å². The van der Waals surface area contributed by atoms with E-state index in [0.717, 1.165) is 42.3 Å². The minimum atomic E-state index is 0.185. The maximum absolute atomic E-state index is 12.2. The first-order chi connectivity index (χ1) is 13.7. The van der Waals surface area contributed by atoms with Crippen molar-refractivity contribution in [3.05, 3.63) is 36.4 Å². The lowest BCUT2D eigenvalue weighted by Gasteiger charge is -2.32. The Morgan fingerprint density at radius 1 is 1.21 bits per heavy atom. The molecule has 1 unspecified atom stereocenters. The van der Waals surface area contributed by atoms with Crippen molar-refractivity contribution in [2.24, 2.45) is 0 Å². The van der Waals surface area contributed by atoms with Crippen LogP contribution >= 0.6 is 0 Å². The highest BCUT2D eigenvalue weighted by molar-refractivity contribution is 5.76. The summed E-state index contributed by atoms with van der Waals surface area (Å²) < 4.78 is 0. The average Bonchev–Trinajstić information content (AvgIpc) is 3.26. The van der Waals surface area contributed by atoms with Gasteiger partial charge in [-0.05, 0) is 37.8 Å². The van der Waals surface area contributed by atoms with Crippen molar-refractivity contribution in [1.29, 1.82) is 0 Å². The number of rotatable bonds is 5. The smallest absolute Gasteiger partial charge is 0.222 e. The van der Waals surface area contributed by atoms with Crippen LogP contribution in [-0.2, 0) is 4.79 Å². The number of aromatic nitrogens is 3. The molecule has 148 valence electrons.